The number of aromatic carboxylic acids is 1. The predicted octanol–water partition coefficient (Wildman–Crippen LogP) is 4.34. The van der Waals surface area contributed by atoms with Crippen LogP contribution in [0.4, 0.5) is 5.69 Å². The molecule has 114 valence electrons. The Balaban J connectivity index is 2.04. The molecule has 4 nitrogen and oxygen atoms in total. The van der Waals surface area contributed by atoms with Gasteiger partial charge in [-0.05, 0) is 31.0 Å². The van der Waals surface area contributed by atoms with E-state index in [2.05, 4.69) is 5.32 Å². The number of carboxylic acid groups (broad SMARTS) is 1. The largest absolute Gasteiger partial charge is 0.478 e. The summed E-state index contributed by atoms with van der Waals surface area (Å²) in [7, 11) is 0. The SMILES string of the molecule is O=C(O)c1cc(NC(=O)C2CCCCCCC2)ccc1Cl. The first kappa shape index (κ1) is 15.8. The molecular formula is C16H20ClNO3. The maximum absolute atomic E-state index is 12.3. The Morgan fingerprint density at radius 2 is 1.71 bits per heavy atom. The van der Waals surface area contributed by atoms with E-state index in [0.717, 1.165) is 25.7 Å². The predicted molar refractivity (Wildman–Crippen MR) is 82.9 cm³/mol. The number of carboxylic acids is 1. The fraction of sp³-hybridized carbons (Fsp3) is 0.500. The Hall–Kier alpha value is -1.55. The van der Waals surface area contributed by atoms with Crippen molar-refractivity contribution in [1.29, 1.82) is 0 Å². The molecule has 2 N–H and O–H groups in total. The molecule has 0 unspecified atom stereocenters. The molecule has 1 fully saturated rings. The molecule has 1 aromatic rings. The number of carbonyl (C=O) groups is 2. The van der Waals surface area contributed by atoms with Gasteiger partial charge in [0.05, 0.1) is 10.6 Å². The van der Waals surface area contributed by atoms with Gasteiger partial charge in [-0.2, -0.15) is 0 Å². The minimum Gasteiger partial charge on any atom is -0.478 e. The maximum Gasteiger partial charge on any atom is 0.337 e. The van der Waals surface area contributed by atoms with Crippen molar-refractivity contribution in [2.24, 2.45) is 5.92 Å². The van der Waals surface area contributed by atoms with E-state index in [0.29, 0.717) is 5.69 Å². The van der Waals surface area contributed by atoms with Crippen molar-refractivity contribution in [3.05, 3.63) is 28.8 Å². The van der Waals surface area contributed by atoms with Gasteiger partial charge in [0.25, 0.3) is 0 Å². The molecule has 1 aliphatic carbocycles. The van der Waals surface area contributed by atoms with E-state index >= 15 is 0 Å². The number of rotatable bonds is 3. The molecule has 0 atom stereocenters. The number of anilines is 1. The van der Waals surface area contributed by atoms with E-state index < -0.39 is 5.97 Å². The van der Waals surface area contributed by atoms with Crippen LogP contribution in [-0.4, -0.2) is 17.0 Å². The third kappa shape index (κ3) is 4.46. The van der Waals surface area contributed by atoms with Crippen LogP contribution in [-0.2, 0) is 4.79 Å². The molecule has 0 heterocycles. The second-order valence-electron chi connectivity index (χ2n) is 5.53. The lowest BCUT2D eigenvalue weighted by Gasteiger charge is -2.19. The van der Waals surface area contributed by atoms with Crippen LogP contribution in [0.15, 0.2) is 18.2 Å². The minimum atomic E-state index is -1.10. The number of halogens is 1. The first-order valence-corrected chi connectivity index (χ1v) is 7.79. The van der Waals surface area contributed by atoms with Crippen LogP contribution in [0.1, 0.15) is 55.3 Å². The average Bonchev–Trinajstić information content (AvgIpc) is 2.40. The summed E-state index contributed by atoms with van der Waals surface area (Å²) in [6, 6.07) is 4.54. The van der Waals surface area contributed by atoms with E-state index in [-0.39, 0.29) is 22.4 Å². The zero-order chi connectivity index (χ0) is 15.2. The van der Waals surface area contributed by atoms with Crippen molar-refractivity contribution in [3.63, 3.8) is 0 Å². The number of hydrogen-bond donors (Lipinski definition) is 2. The summed E-state index contributed by atoms with van der Waals surface area (Å²) in [5, 5.41) is 12.0. The fourth-order valence-electron chi connectivity index (χ4n) is 2.73. The van der Waals surface area contributed by atoms with Crippen molar-refractivity contribution in [1.82, 2.24) is 0 Å². The molecule has 1 amide bonds. The standard InChI is InChI=1S/C16H20ClNO3/c17-14-9-8-12(10-13(14)16(20)21)18-15(19)11-6-4-2-1-3-5-7-11/h8-11H,1-7H2,(H,18,19)(H,20,21). The molecule has 1 saturated carbocycles. The third-order valence-electron chi connectivity index (χ3n) is 3.94. The summed E-state index contributed by atoms with van der Waals surface area (Å²) in [6.45, 7) is 0. The molecule has 0 aliphatic heterocycles. The molecule has 0 radical (unpaired) electrons. The lowest BCUT2D eigenvalue weighted by Crippen LogP contribution is -2.23. The van der Waals surface area contributed by atoms with E-state index in [1.54, 1.807) is 6.07 Å². The summed E-state index contributed by atoms with van der Waals surface area (Å²) in [4.78, 5) is 23.4. The summed E-state index contributed by atoms with van der Waals surface area (Å²) in [6.07, 6.45) is 7.61. The summed E-state index contributed by atoms with van der Waals surface area (Å²) in [5.74, 6) is -1.09. The van der Waals surface area contributed by atoms with Gasteiger partial charge in [0.15, 0.2) is 0 Å². The van der Waals surface area contributed by atoms with Crippen molar-refractivity contribution in [3.8, 4) is 0 Å². The van der Waals surface area contributed by atoms with Gasteiger partial charge < -0.3 is 10.4 Å². The zero-order valence-corrected chi connectivity index (χ0v) is 12.7. The molecule has 0 aromatic heterocycles. The zero-order valence-electron chi connectivity index (χ0n) is 11.9. The first-order chi connectivity index (χ1) is 10.1. The van der Waals surface area contributed by atoms with Crippen molar-refractivity contribution >= 4 is 29.2 Å². The number of hydrogen-bond acceptors (Lipinski definition) is 2. The topological polar surface area (TPSA) is 66.4 Å². The maximum atomic E-state index is 12.3. The van der Waals surface area contributed by atoms with Gasteiger partial charge in [0, 0.05) is 11.6 Å². The lowest BCUT2D eigenvalue weighted by molar-refractivity contribution is -0.120. The van der Waals surface area contributed by atoms with Crippen LogP contribution in [0.5, 0.6) is 0 Å². The summed E-state index contributed by atoms with van der Waals surface area (Å²) in [5.41, 5.74) is 0.496. The number of benzene rings is 1. The molecule has 0 saturated heterocycles. The molecule has 21 heavy (non-hydrogen) atoms. The first-order valence-electron chi connectivity index (χ1n) is 7.41. The van der Waals surface area contributed by atoms with Crippen LogP contribution in [0.2, 0.25) is 5.02 Å². The highest BCUT2D eigenvalue weighted by molar-refractivity contribution is 6.33. The number of carbonyl (C=O) groups excluding carboxylic acids is 1. The van der Waals surface area contributed by atoms with Gasteiger partial charge in [0.2, 0.25) is 5.91 Å². The van der Waals surface area contributed by atoms with Gasteiger partial charge in [-0.25, -0.2) is 4.79 Å². The van der Waals surface area contributed by atoms with Crippen molar-refractivity contribution < 1.29 is 14.7 Å². The van der Waals surface area contributed by atoms with Crippen LogP contribution in [0, 0.1) is 5.92 Å². The molecule has 5 heteroatoms. The Morgan fingerprint density at radius 3 is 2.33 bits per heavy atom. The molecule has 1 aromatic carbocycles. The van der Waals surface area contributed by atoms with E-state index in [1.807, 2.05) is 0 Å². The second kappa shape index (κ2) is 7.46. The average molecular weight is 310 g/mol. The summed E-state index contributed by atoms with van der Waals surface area (Å²) >= 11 is 5.82. The second-order valence-corrected chi connectivity index (χ2v) is 5.94. The van der Waals surface area contributed by atoms with Crippen LogP contribution >= 0.6 is 11.6 Å². The Bertz CT molecular complexity index is 522. The molecular weight excluding hydrogens is 290 g/mol. The van der Waals surface area contributed by atoms with Gasteiger partial charge in [0.1, 0.15) is 0 Å². The Morgan fingerprint density at radius 1 is 1.10 bits per heavy atom. The summed E-state index contributed by atoms with van der Waals surface area (Å²) < 4.78 is 0. The number of nitrogens with one attached hydrogen (secondary N) is 1. The van der Waals surface area contributed by atoms with Crippen molar-refractivity contribution in [2.75, 3.05) is 5.32 Å². The van der Waals surface area contributed by atoms with Crippen molar-refractivity contribution in [2.45, 2.75) is 44.9 Å². The van der Waals surface area contributed by atoms with Gasteiger partial charge in [-0.15, -0.1) is 0 Å². The normalized spacial score (nSPS) is 16.8. The monoisotopic (exact) mass is 309 g/mol. The minimum absolute atomic E-state index is 0.00660. The molecule has 2 rings (SSSR count). The lowest BCUT2D eigenvalue weighted by atomic mass is 9.90. The third-order valence-corrected chi connectivity index (χ3v) is 4.27. The van der Waals surface area contributed by atoms with E-state index in [4.69, 9.17) is 16.7 Å². The fourth-order valence-corrected chi connectivity index (χ4v) is 2.93. The number of amides is 1. The smallest absolute Gasteiger partial charge is 0.337 e. The van der Waals surface area contributed by atoms with E-state index in [9.17, 15) is 9.59 Å². The Labute approximate surface area is 129 Å². The van der Waals surface area contributed by atoms with Crippen LogP contribution < -0.4 is 5.32 Å². The molecule has 1 aliphatic rings. The highest BCUT2D eigenvalue weighted by Crippen LogP contribution is 2.25. The highest BCUT2D eigenvalue weighted by atomic mass is 35.5. The van der Waals surface area contributed by atoms with Gasteiger partial charge in [-0.1, -0.05) is 43.7 Å². The highest BCUT2D eigenvalue weighted by Gasteiger charge is 2.20. The van der Waals surface area contributed by atoms with E-state index in [1.165, 1.54) is 31.4 Å². The van der Waals surface area contributed by atoms with Crippen LogP contribution in [0.3, 0.4) is 0 Å². The van der Waals surface area contributed by atoms with Crippen LogP contribution in [0.25, 0.3) is 0 Å². The Kier molecular flexibility index (Phi) is 5.62. The van der Waals surface area contributed by atoms with Gasteiger partial charge in [-0.3, -0.25) is 4.79 Å². The quantitative estimate of drug-likeness (QED) is 0.873. The molecule has 0 spiro atoms. The molecule has 0 bridgehead atoms. The van der Waals surface area contributed by atoms with Gasteiger partial charge >= 0.3 is 5.97 Å².